The molecule has 6 nitrogen and oxygen atoms in total. The number of rotatable bonds is 7. The van der Waals surface area contributed by atoms with Gasteiger partial charge >= 0.3 is 0 Å². The van der Waals surface area contributed by atoms with E-state index >= 15 is 0 Å². The summed E-state index contributed by atoms with van der Waals surface area (Å²) in [6, 6.07) is 14.5. The van der Waals surface area contributed by atoms with Gasteiger partial charge in [-0.1, -0.05) is 36.4 Å². The summed E-state index contributed by atoms with van der Waals surface area (Å²) in [6.45, 7) is 1.78. The fourth-order valence-electron chi connectivity index (χ4n) is 2.18. The molecule has 2 rings (SSSR count). The van der Waals surface area contributed by atoms with Crippen molar-refractivity contribution in [2.75, 3.05) is 0 Å². The Balaban J connectivity index is 2.02. The van der Waals surface area contributed by atoms with Gasteiger partial charge in [-0.25, -0.2) is 13.1 Å². The molecular formula is C16H18N2O4S. The zero-order chi connectivity index (χ0) is 16.9. The molecule has 7 heteroatoms. The first kappa shape index (κ1) is 17.1. The Kier molecular flexibility index (Phi) is 5.46. The number of hydrogen-bond donors (Lipinski definition) is 1. The van der Waals surface area contributed by atoms with Gasteiger partial charge in [0.15, 0.2) is 0 Å². The molecule has 1 atom stereocenters. The molecule has 0 saturated heterocycles. The number of benzene rings is 2. The van der Waals surface area contributed by atoms with E-state index in [9.17, 15) is 18.5 Å². The van der Waals surface area contributed by atoms with Crippen molar-refractivity contribution in [2.45, 2.75) is 30.7 Å². The van der Waals surface area contributed by atoms with Crippen LogP contribution in [0.3, 0.4) is 0 Å². The van der Waals surface area contributed by atoms with Gasteiger partial charge in [-0.3, -0.25) is 10.1 Å². The van der Waals surface area contributed by atoms with Crippen LogP contribution in [0.2, 0.25) is 0 Å². The van der Waals surface area contributed by atoms with Gasteiger partial charge in [0.1, 0.15) is 0 Å². The molecule has 0 aliphatic heterocycles. The largest absolute Gasteiger partial charge is 0.270 e. The predicted octanol–water partition coefficient (Wildman–Crippen LogP) is 2.89. The highest BCUT2D eigenvalue weighted by Gasteiger charge is 2.19. The van der Waals surface area contributed by atoms with E-state index in [1.54, 1.807) is 6.92 Å². The molecule has 0 aliphatic rings. The minimum atomic E-state index is -3.77. The highest BCUT2D eigenvalue weighted by atomic mass is 32.2. The Hall–Kier alpha value is -2.25. The van der Waals surface area contributed by atoms with Crippen molar-refractivity contribution >= 4 is 15.7 Å². The zero-order valence-electron chi connectivity index (χ0n) is 12.7. The average Bonchev–Trinajstić information content (AvgIpc) is 2.53. The second kappa shape index (κ2) is 7.34. The first-order chi connectivity index (χ1) is 10.9. The maximum Gasteiger partial charge on any atom is 0.270 e. The Morgan fingerprint density at radius 2 is 1.83 bits per heavy atom. The van der Waals surface area contributed by atoms with E-state index in [1.807, 2.05) is 30.3 Å². The SMILES string of the molecule is C[C@@H](CCc1ccccc1)NS(=O)(=O)c1cccc([N+](=O)[O-])c1. The molecule has 2 aromatic rings. The zero-order valence-corrected chi connectivity index (χ0v) is 13.5. The van der Waals surface area contributed by atoms with Gasteiger partial charge in [-0.15, -0.1) is 0 Å². The van der Waals surface area contributed by atoms with E-state index < -0.39 is 14.9 Å². The third kappa shape index (κ3) is 4.87. The van der Waals surface area contributed by atoms with Crippen LogP contribution in [0.15, 0.2) is 59.5 Å². The van der Waals surface area contributed by atoms with E-state index in [1.165, 1.54) is 18.2 Å². The predicted molar refractivity (Wildman–Crippen MR) is 87.6 cm³/mol. The maximum absolute atomic E-state index is 12.3. The van der Waals surface area contributed by atoms with Gasteiger partial charge in [0.25, 0.3) is 5.69 Å². The summed E-state index contributed by atoms with van der Waals surface area (Å²) >= 11 is 0. The monoisotopic (exact) mass is 334 g/mol. The first-order valence-electron chi connectivity index (χ1n) is 7.19. The summed E-state index contributed by atoms with van der Waals surface area (Å²) in [7, 11) is -3.77. The van der Waals surface area contributed by atoms with Crippen LogP contribution < -0.4 is 4.72 Å². The van der Waals surface area contributed by atoms with Gasteiger partial charge in [0.05, 0.1) is 9.82 Å². The number of nitro groups is 1. The first-order valence-corrected chi connectivity index (χ1v) is 8.67. The van der Waals surface area contributed by atoms with Crippen molar-refractivity contribution in [1.29, 1.82) is 0 Å². The number of aryl methyl sites for hydroxylation is 1. The minimum absolute atomic E-state index is 0.0988. The standard InChI is InChI=1S/C16H18N2O4S/c1-13(10-11-14-6-3-2-4-7-14)17-23(21,22)16-9-5-8-15(12-16)18(19)20/h2-9,12-13,17H,10-11H2,1H3/t13-/m0/s1. The van der Waals surface area contributed by atoms with Crippen molar-refractivity contribution in [3.63, 3.8) is 0 Å². The van der Waals surface area contributed by atoms with Gasteiger partial charge in [-0.05, 0) is 31.4 Å². The number of sulfonamides is 1. The minimum Gasteiger partial charge on any atom is -0.258 e. The summed E-state index contributed by atoms with van der Waals surface area (Å²) in [5.41, 5.74) is 0.888. The molecule has 1 N–H and O–H groups in total. The quantitative estimate of drug-likeness (QED) is 0.623. The Labute approximate surface area is 135 Å². The lowest BCUT2D eigenvalue weighted by atomic mass is 10.1. The summed E-state index contributed by atoms with van der Waals surface area (Å²) in [6.07, 6.45) is 1.39. The van der Waals surface area contributed by atoms with Crippen LogP contribution in [0.25, 0.3) is 0 Å². The lowest BCUT2D eigenvalue weighted by Gasteiger charge is -2.14. The third-order valence-electron chi connectivity index (χ3n) is 3.40. The molecular weight excluding hydrogens is 316 g/mol. The van der Waals surface area contributed by atoms with E-state index in [-0.39, 0.29) is 16.6 Å². The summed E-state index contributed by atoms with van der Waals surface area (Å²) in [5, 5.41) is 10.8. The second-order valence-corrected chi connectivity index (χ2v) is 7.02. The van der Waals surface area contributed by atoms with Gasteiger partial charge in [-0.2, -0.15) is 0 Å². The normalized spacial score (nSPS) is 12.7. The Bertz CT molecular complexity index is 776. The van der Waals surface area contributed by atoms with Crippen LogP contribution in [0.5, 0.6) is 0 Å². The van der Waals surface area contributed by atoms with E-state index in [2.05, 4.69) is 4.72 Å². The van der Waals surface area contributed by atoms with Crippen LogP contribution >= 0.6 is 0 Å². The lowest BCUT2D eigenvalue weighted by molar-refractivity contribution is -0.385. The Morgan fingerprint density at radius 1 is 1.13 bits per heavy atom. The van der Waals surface area contributed by atoms with Crippen molar-refractivity contribution in [3.05, 3.63) is 70.3 Å². The molecule has 0 spiro atoms. The van der Waals surface area contributed by atoms with E-state index in [0.717, 1.165) is 18.1 Å². The van der Waals surface area contributed by atoms with Crippen LogP contribution in [0, 0.1) is 10.1 Å². The smallest absolute Gasteiger partial charge is 0.258 e. The fraction of sp³-hybridized carbons (Fsp3) is 0.250. The molecule has 0 heterocycles. The lowest BCUT2D eigenvalue weighted by Crippen LogP contribution is -2.33. The van der Waals surface area contributed by atoms with Crippen molar-refractivity contribution in [2.24, 2.45) is 0 Å². The van der Waals surface area contributed by atoms with Crippen LogP contribution in [0.1, 0.15) is 18.9 Å². The van der Waals surface area contributed by atoms with Gasteiger partial charge < -0.3 is 0 Å². The molecule has 122 valence electrons. The number of hydrogen-bond acceptors (Lipinski definition) is 4. The molecule has 23 heavy (non-hydrogen) atoms. The molecule has 0 fully saturated rings. The molecule has 0 radical (unpaired) electrons. The number of nitrogens with one attached hydrogen (secondary N) is 1. The van der Waals surface area contributed by atoms with Crippen molar-refractivity contribution in [1.82, 2.24) is 4.72 Å². The number of nitrogens with zero attached hydrogens (tertiary/aromatic N) is 1. The molecule has 0 amide bonds. The molecule has 2 aromatic carbocycles. The topological polar surface area (TPSA) is 89.3 Å². The van der Waals surface area contributed by atoms with Crippen LogP contribution in [0.4, 0.5) is 5.69 Å². The summed E-state index contributed by atoms with van der Waals surface area (Å²) in [5.74, 6) is 0. The molecule has 0 saturated carbocycles. The highest BCUT2D eigenvalue weighted by Crippen LogP contribution is 2.18. The fourth-order valence-corrected chi connectivity index (χ4v) is 3.50. The van der Waals surface area contributed by atoms with E-state index in [4.69, 9.17) is 0 Å². The van der Waals surface area contributed by atoms with Crippen LogP contribution in [-0.4, -0.2) is 19.4 Å². The van der Waals surface area contributed by atoms with Crippen molar-refractivity contribution in [3.8, 4) is 0 Å². The molecule has 0 aromatic heterocycles. The second-order valence-electron chi connectivity index (χ2n) is 5.30. The van der Waals surface area contributed by atoms with E-state index in [0.29, 0.717) is 6.42 Å². The molecule has 0 aliphatic carbocycles. The Morgan fingerprint density at radius 3 is 2.48 bits per heavy atom. The van der Waals surface area contributed by atoms with Gasteiger partial charge in [0.2, 0.25) is 10.0 Å². The van der Waals surface area contributed by atoms with Gasteiger partial charge in [0, 0.05) is 18.2 Å². The third-order valence-corrected chi connectivity index (χ3v) is 4.99. The average molecular weight is 334 g/mol. The van der Waals surface area contributed by atoms with Crippen LogP contribution in [-0.2, 0) is 16.4 Å². The maximum atomic E-state index is 12.3. The van der Waals surface area contributed by atoms with Crippen molar-refractivity contribution < 1.29 is 13.3 Å². The highest BCUT2D eigenvalue weighted by molar-refractivity contribution is 7.89. The number of nitro benzene ring substituents is 1. The summed E-state index contributed by atoms with van der Waals surface area (Å²) in [4.78, 5) is 10.0. The molecule has 0 unspecified atom stereocenters. The molecule has 0 bridgehead atoms. The number of non-ortho nitro benzene ring substituents is 1. The summed E-state index contributed by atoms with van der Waals surface area (Å²) < 4.78 is 27.1.